The van der Waals surface area contributed by atoms with Gasteiger partial charge in [-0.15, -0.1) is 0 Å². The second-order valence-corrected chi connectivity index (χ2v) is 9.38. The molecule has 1 atom stereocenters. The summed E-state index contributed by atoms with van der Waals surface area (Å²) in [5.74, 6) is -1.18. The van der Waals surface area contributed by atoms with Crippen LogP contribution in [0, 0.1) is 5.92 Å². The summed E-state index contributed by atoms with van der Waals surface area (Å²) < 4.78 is 0. The minimum atomic E-state index is -0.951. The lowest BCUT2D eigenvalue weighted by Gasteiger charge is -2.17. The number of hydrogen-bond acceptors (Lipinski definition) is 2. The van der Waals surface area contributed by atoms with E-state index in [1.165, 1.54) is 96.3 Å². The van der Waals surface area contributed by atoms with Crippen molar-refractivity contribution in [1.82, 2.24) is 5.32 Å². The third-order valence-corrected chi connectivity index (χ3v) is 5.91. The molecular formula is C27H51NO3. The number of carboxylic acids is 1. The molecule has 0 radical (unpaired) electrons. The summed E-state index contributed by atoms with van der Waals surface area (Å²) in [5.41, 5.74) is 0. The van der Waals surface area contributed by atoms with Gasteiger partial charge in [-0.1, -0.05) is 110 Å². The minimum absolute atomic E-state index is 0.0948. The Kier molecular flexibility index (Phi) is 21.0. The third kappa shape index (κ3) is 20.3. The molecule has 31 heavy (non-hydrogen) atoms. The minimum Gasteiger partial charge on any atom is -0.480 e. The van der Waals surface area contributed by atoms with Crippen LogP contribution in [0.3, 0.4) is 0 Å². The van der Waals surface area contributed by atoms with Crippen molar-refractivity contribution < 1.29 is 14.7 Å². The van der Waals surface area contributed by atoms with Gasteiger partial charge in [-0.3, -0.25) is 4.79 Å². The van der Waals surface area contributed by atoms with E-state index in [0.29, 0.717) is 6.42 Å². The molecular weight excluding hydrogens is 386 g/mol. The maximum absolute atomic E-state index is 11.9. The number of unbranched alkanes of at least 4 members (excludes halogenated alkanes) is 15. The molecule has 0 heterocycles. The lowest BCUT2D eigenvalue weighted by Crippen LogP contribution is -2.44. The van der Waals surface area contributed by atoms with E-state index >= 15 is 0 Å². The molecule has 182 valence electrons. The molecule has 4 nitrogen and oxygen atoms in total. The molecule has 0 saturated carbocycles. The molecule has 0 aromatic carbocycles. The van der Waals surface area contributed by atoms with Gasteiger partial charge in [0.05, 0.1) is 0 Å². The molecule has 2 N–H and O–H groups in total. The van der Waals surface area contributed by atoms with Crippen LogP contribution >= 0.6 is 0 Å². The number of rotatable bonds is 22. The van der Waals surface area contributed by atoms with Gasteiger partial charge in [-0.05, 0) is 38.0 Å². The molecule has 0 saturated heterocycles. The summed E-state index contributed by atoms with van der Waals surface area (Å²) in [7, 11) is 0. The SMILES string of the molecule is CCCCCCCC/C=C\CCCCCCCCCCCC(=O)N[C@H](C(=O)O)C(C)C. The van der Waals surface area contributed by atoms with Crippen LogP contribution in [0.15, 0.2) is 12.2 Å². The number of carbonyl (C=O) groups is 2. The number of aliphatic carboxylic acids is 1. The Bertz CT molecular complexity index is 459. The predicted molar refractivity (Wildman–Crippen MR) is 132 cm³/mol. The standard InChI is InChI=1S/C27H51NO3/c1-4-5-6-7-8-9-10-11-12-13-14-15-16-17-18-19-20-21-22-23-25(29)28-26(24(2)3)27(30)31/h11-12,24,26H,4-10,13-23H2,1-3H3,(H,28,29)(H,30,31)/b12-11-/t26-/m0/s1. The molecule has 0 rings (SSSR count). The number of hydrogen-bond donors (Lipinski definition) is 2. The molecule has 0 unspecified atom stereocenters. The van der Waals surface area contributed by atoms with E-state index in [-0.39, 0.29) is 11.8 Å². The number of carbonyl (C=O) groups excluding carboxylic acids is 1. The van der Waals surface area contributed by atoms with Gasteiger partial charge in [-0.2, -0.15) is 0 Å². The fourth-order valence-electron chi connectivity index (χ4n) is 3.82. The van der Waals surface area contributed by atoms with Gasteiger partial charge >= 0.3 is 5.97 Å². The van der Waals surface area contributed by atoms with Crippen molar-refractivity contribution in [2.24, 2.45) is 5.92 Å². The Morgan fingerprint density at radius 1 is 0.710 bits per heavy atom. The van der Waals surface area contributed by atoms with Crippen molar-refractivity contribution in [1.29, 1.82) is 0 Å². The van der Waals surface area contributed by atoms with Crippen molar-refractivity contribution in [2.75, 3.05) is 0 Å². The van der Waals surface area contributed by atoms with Crippen LogP contribution < -0.4 is 5.32 Å². The van der Waals surface area contributed by atoms with Crippen molar-refractivity contribution in [2.45, 2.75) is 142 Å². The first-order chi connectivity index (χ1) is 15.0. The van der Waals surface area contributed by atoms with Gasteiger partial charge in [0.2, 0.25) is 5.91 Å². The third-order valence-electron chi connectivity index (χ3n) is 5.91. The molecule has 1 amide bonds. The molecule has 0 spiro atoms. The number of nitrogens with one attached hydrogen (secondary N) is 1. The number of amides is 1. The summed E-state index contributed by atoms with van der Waals surface area (Å²) in [6.07, 6.45) is 26.9. The van der Waals surface area contributed by atoms with E-state index in [1.807, 2.05) is 13.8 Å². The Balaban J connectivity index is 3.35. The van der Waals surface area contributed by atoms with Crippen LogP contribution in [-0.4, -0.2) is 23.0 Å². The zero-order valence-electron chi connectivity index (χ0n) is 20.8. The van der Waals surface area contributed by atoms with Crippen LogP contribution in [-0.2, 0) is 9.59 Å². The second kappa shape index (κ2) is 21.9. The van der Waals surface area contributed by atoms with Gasteiger partial charge < -0.3 is 10.4 Å². The number of allylic oxidation sites excluding steroid dienone is 2. The van der Waals surface area contributed by atoms with Gasteiger partial charge in [0, 0.05) is 6.42 Å². The average Bonchev–Trinajstić information content (AvgIpc) is 2.73. The Hall–Kier alpha value is -1.32. The van der Waals surface area contributed by atoms with E-state index in [0.717, 1.165) is 12.8 Å². The van der Waals surface area contributed by atoms with E-state index < -0.39 is 12.0 Å². The summed E-state index contributed by atoms with van der Waals surface area (Å²) in [4.78, 5) is 23.0. The smallest absolute Gasteiger partial charge is 0.326 e. The summed E-state index contributed by atoms with van der Waals surface area (Å²) in [6.45, 7) is 5.89. The van der Waals surface area contributed by atoms with Crippen molar-refractivity contribution in [3.05, 3.63) is 12.2 Å². The van der Waals surface area contributed by atoms with E-state index in [1.54, 1.807) is 0 Å². The Morgan fingerprint density at radius 3 is 1.55 bits per heavy atom. The van der Waals surface area contributed by atoms with Gasteiger partial charge in [0.25, 0.3) is 0 Å². The Morgan fingerprint density at radius 2 is 1.13 bits per heavy atom. The highest BCUT2D eigenvalue weighted by atomic mass is 16.4. The van der Waals surface area contributed by atoms with Crippen LogP contribution in [0.4, 0.5) is 0 Å². The zero-order valence-corrected chi connectivity index (χ0v) is 20.8. The van der Waals surface area contributed by atoms with E-state index in [2.05, 4.69) is 24.4 Å². The molecule has 4 heteroatoms. The molecule has 0 aliphatic carbocycles. The highest BCUT2D eigenvalue weighted by Gasteiger charge is 2.22. The van der Waals surface area contributed by atoms with Gasteiger partial charge in [0.15, 0.2) is 0 Å². The second-order valence-electron chi connectivity index (χ2n) is 9.38. The van der Waals surface area contributed by atoms with Crippen molar-refractivity contribution in [3.8, 4) is 0 Å². The predicted octanol–water partition coefficient (Wildman–Crippen LogP) is 7.81. The van der Waals surface area contributed by atoms with Gasteiger partial charge in [-0.25, -0.2) is 4.79 Å². The highest BCUT2D eigenvalue weighted by Crippen LogP contribution is 2.12. The van der Waals surface area contributed by atoms with Gasteiger partial charge in [0.1, 0.15) is 6.04 Å². The maximum Gasteiger partial charge on any atom is 0.326 e. The topological polar surface area (TPSA) is 66.4 Å². The molecule has 0 aromatic rings. The quantitative estimate of drug-likeness (QED) is 0.134. The van der Waals surface area contributed by atoms with Crippen LogP contribution in [0.5, 0.6) is 0 Å². The summed E-state index contributed by atoms with van der Waals surface area (Å²) >= 11 is 0. The van der Waals surface area contributed by atoms with E-state index in [4.69, 9.17) is 5.11 Å². The normalized spacial score (nSPS) is 12.5. The fourth-order valence-corrected chi connectivity index (χ4v) is 3.82. The monoisotopic (exact) mass is 437 g/mol. The van der Waals surface area contributed by atoms with Crippen molar-refractivity contribution in [3.63, 3.8) is 0 Å². The summed E-state index contributed by atoms with van der Waals surface area (Å²) in [5, 5.41) is 11.7. The molecule has 0 fully saturated rings. The Labute approximate surface area is 192 Å². The zero-order chi connectivity index (χ0) is 23.2. The largest absolute Gasteiger partial charge is 0.480 e. The number of carboxylic acid groups (broad SMARTS) is 1. The van der Waals surface area contributed by atoms with Crippen LogP contribution in [0.1, 0.15) is 136 Å². The molecule has 0 aliphatic heterocycles. The van der Waals surface area contributed by atoms with Crippen molar-refractivity contribution >= 4 is 11.9 Å². The first-order valence-electron chi connectivity index (χ1n) is 13.2. The average molecular weight is 438 g/mol. The van der Waals surface area contributed by atoms with E-state index in [9.17, 15) is 9.59 Å². The highest BCUT2D eigenvalue weighted by molar-refractivity contribution is 5.83. The fraction of sp³-hybridized carbons (Fsp3) is 0.852. The first kappa shape index (κ1) is 29.7. The maximum atomic E-state index is 11.9. The van der Waals surface area contributed by atoms with Crippen LogP contribution in [0.25, 0.3) is 0 Å². The molecule has 0 aliphatic rings. The lowest BCUT2D eigenvalue weighted by atomic mass is 10.0. The molecule has 0 bridgehead atoms. The molecule has 0 aromatic heterocycles. The van der Waals surface area contributed by atoms with Crippen LogP contribution in [0.2, 0.25) is 0 Å². The first-order valence-corrected chi connectivity index (χ1v) is 13.2. The summed E-state index contributed by atoms with van der Waals surface area (Å²) in [6, 6.07) is -0.775. The lowest BCUT2D eigenvalue weighted by molar-refractivity contribution is -0.143.